The first-order chi connectivity index (χ1) is 11.2. The molecule has 2 aromatic rings. The molecule has 0 saturated carbocycles. The molecular weight excluding hydrogens is 315 g/mol. The minimum atomic E-state index is -4.36. The summed E-state index contributed by atoms with van der Waals surface area (Å²) in [5, 5.41) is 0. The molecule has 0 amide bonds. The largest absolute Gasteiger partial charge is 0.412 e. The van der Waals surface area contributed by atoms with Gasteiger partial charge < -0.3 is 4.84 Å². The van der Waals surface area contributed by atoms with E-state index in [2.05, 4.69) is 4.84 Å². The van der Waals surface area contributed by atoms with Crippen LogP contribution in [0.5, 0.6) is 5.75 Å². The Balaban J connectivity index is 2.37. The summed E-state index contributed by atoms with van der Waals surface area (Å²) in [5.74, 6) is 3.83. The van der Waals surface area contributed by atoms with Gasteiger partial charge in [-0.05, 0) is 60.7 Å². The van der Waals surface area contributed by atoms with Crippen LogP contribution in [0.4, 0.5) is 13.2 Å². The zero-order valence-electron chi connectivity index (χ0n) is 13.8. The van der Waals surface area contributed by atoms with E-state index in [9.17, 15) is 13.2 Å². The molecule has 0 aliphatic rings. The minimum Gasteiger partial charge on any atom is -0.412 e. The van der Waals surface area contributed by atoms with E-state index in [4.69, 9.17) is 5.90 Å². The van der Waals surface area contributed by atoms with Gasteiger partial charge in [-0.25, -0.2) is 0 Å². The van der Waals surface area contributed by atoms with Crippen molar-refractivity contribution in [2.75, 3.05) is 0 Å². The van der Waals surface area contributed by atoms with E-state index in [-0.39, 0.29) is 5.56 Å². The highest BCUT2D eigenvalue weighted by atomic mass is 19.4. The molecule has 2 rings (SSSR count). The average Bonchev–Trinajstić information content (AvgIpc) is 2.52. The van der Waals surface area contributed by atoms with Crippen molar-refractivity contribution in [3.63, 3.8) is 0 Å². The summed E-state index contributed by atoms with van der Waals surface area (Å²) < 4.78 is 40.5. The second-order valence-corrected chi connectivity index (χ2v) is 5.84. The predicted molar refractivity (Wildman–Crippen MR) is 89.7 cm³/mol. The van der Waals surface area contributed by atoms with Crippen molar-refractivity contribution >= 4 is 6.08 Å². The minimum absolute atomic E-state index is 0.251. The maximum absolute atomic E-state index is 13.5. The summed E-state index contributed by atoms with van der Waals surface area (Å²) in [5.41, 5.74) is 3.63. The summed E-state index contributed by atoms with van der Waals surface area (Å²) >= 11 is 0. The van der Waals surface area contributed by atoms with Gasteiger partial charge in [-0.1, -0.05) is 36.4 Å². The fourth-order valence-corrected chi connectivity index (χ4v) is 2.52. The maximum Gasteiger partial charge on any atom is 0.399 e. The standard InChI is InChI=1S/C19H20F3NO/c1-12-10-16(11-13(2)14(12)3)18(19(20,21)22)9-6-15-4-7-17(24-23)8-5-15/h4-11,18H,23H2,1-3H3/b9-6+. The van der Waals surface area contributed by atoms with Gasteiger partial charge in [0.2, 0.25) is 0 Å². The fourth-order valence-electron chi connectivity index (χ4n) is 2.52. The van der Waals surface area contributed by atoms with Gasteiger partial charge in [-0.15, -0.1) is 0 Å². The van der Waals surface area contributed by atoms with Crippen LogP contribution in [-0.4, -0.2) is 6.18 Å². The SMILES string of the molecule is Cc1cc(C(/C=C/c2ccc(ON)cc2)C(F)(F)F)cc(C)c1C. The Morgan fingerprint density at radius 2 is 1.54 bits per heavy atom. The third-order valence-corrected chi connectivity index (χ3v) is 4.16. The lowest BCUT2D eigenvalue weighted by Gasteiger charge is -2.19. The Hall–Kier alpha value is -2.27. The highest BCUT2D eigenvalue weighted by Gasteiger charge is 2.39. The first kappa shape index (κ1) is 18.1. The van der Waals surface area contributed by atoms with Crippen LogP contribution in [0.25, 0.3) is 6.08 Å². The number of aryl methyl sites for hydroxylation is 2. The first-order valence-electron chi connectivity index (χ1n) is 7.52. The van der Waals surface area contributed by atoms with E-state index >= 15 is 0 Å². The molecule has 0 heterocycles. The number of hydrogen-bond donors (Lipinski definition) is 1. The topological polar surface area (TPSA) is 35.2 Å². The molecule has 0 saturated heterocycles. The highest BCUT2D eigenvalue weighted by Crippen LogP contribution is 2.37. The Bertz CT molecular complexity index is 710. The monoisotopic (exact) mass is 335 g/mol. The summed E-state index contributed by atoms with van der Waals surface area (Å²) in [6.07, 6.45) is -1.71. The van der Waals surface area contributed by atoms with Crippen LogP contribution in [0.2, 0.25) is 0 Å². The summed E-state index contributed by atoms with van der Waals surface area (Å²) in [4.78, 5) is 4.55. The van der Waals surface area contributed by atoms with Crippen LogP contribution in [-0.2, 0) is 0 Å². The second-order valence-electron chi connectivity index (χ2n) is 5.84. The number of rotatable bonds is 4. The summed E-state index contributed by atoms with van der Waals surface area (Å²) in [6, 6.07) is 9.72. The lowest BCUT2D eigenvalue weighted by molar-refractivity contribution is -0.139. The van der Waals surface area contributed by atoms with E-state index < -0.39 is 12.1 Å². The molecule has 1 atom stereocenters. The smallest absolute Gasteiger partial charge is 0.399 e. The number of hydrogen-bond acceptors (Lipinski definition) is 2. The van der Waals surface area contributed by atoms with Gasteiger partial charge in [0.15, 0.2) is 0 Å². The lowest BCUT2D eigenvalue weighted by atomic mass is 9.91. The van der Waals surface area contributed by atoms with Crippen LogP contribution in [0.1, 0.15) is 33.7 Å². The van der Waals surface area contributed by atoms with Crippen molar-refractivity contribution in [2.45, 2.75) is 32.9 Å². The van der Waals surface area contributed by atoms with E-state index in [0.717, 1.165) is 16.7 Å². The summed E-state index contributed by atoms with van der Waals surface area (Å²) in [7, 11) is 0. The Morgan fingerprint density at radius 1 is 1.00 bits per heavy atom. The van der Waals surface area contributed by atoms with Gasteiger partial charge in [0.1, 0.15) is 5.75 Å². The van der Waals surface area contributed by atoms with Gasteiger partial charge >= 0.3 is 6.18 Å². The van der Waals surface area contributed by atoms with Crippen LogP contribution in [0.3, 0.4) is 0 Å². The molecule has 24 heavy (non-hydrogen) atoms. The Labute approximate surface area is 139 Å². The van der Waals surface area contributed by atoms with E-state index in [0.29, 0.717) is 11.3 Å². The van der Waals surface area contributed by atoms with E-state index in [1.165, 1.54) is 12.2 Å². The van der Waals surface area contributed by atoms with Crippen LogP contribution in [0, 0.1) is 20.8 Å². The van der Waals surface area contributed by atoms with Crippen molar-refractivity contribution in [1.29, 1.82) is 0 Å². The second kappa shape index (κ2) is 7.09. The number of halogens is 3. The number of alkyl halides is 3. The molecule has 0 fully saturated rings. The van der Waals surface area contributed by atoms with Gasteiger partial charge in [0.25, 0.3) is 0 Å². The molecule has 0 radical (unpaired) electrons. The molecule has 0 aliphatic carbocycles. The Morgan fingerprint density at radius 3 is 2.00 bits per heavy atom. The van der Waals surface area contributed by atoms with Crippen molar-refractivity contribution in [2.24, 2.45) is 5.90 Å². The number of allylic oxidation sites excluding steroid dienone is 1. The van der Waals surface area contributed by atoms with Crippen LogP contribution >= 0.6 is 0 Å². The number of benzene rings is 2. The first-order valence-corrected chi connectivity index (χ1v) is 7.52. The third kappa shape index (κ3) is 4.17. The molecule has 5 heteroatoms. The number of nitrogens with two attached hydrogens (primary N) is 1. The normalized spacial score (nSPS) is 13.3. The van der Waals surface area contributed by atoms with Crippen molar-refractivity contribution in [1.82, 2.24) is 0 Å². The molecule has 0 aromatic heterocycles. The zero-order valence-corrected chi connectivity index (χ0v) is 13.8. The third-order valence-electron chi connectivity index (χ3n) is 4.16. The van der Waals surface area contributed by atoms with Crippen LogP contribution in [0.15, 0.2) is 42.5 Å². The quantitative estimate of drug-likeness (QED) is 0.777. The molecule has 0 spiro atoms. The predicted octanol–water partition coefficient (Wildman–Crippen LogP) is 5.22. The van der Waals surface area contributed by atoms with E-state index in [1.54, 1.807) is 36.4 Å². The lowest BCUT2D eigenvalue weighted by Crippen LogP contribution is -2.19. The molecular formula is C19H20F3NO. The van der Waals surface area contributed by atoms with Crippen molar-refractivity contribution in [3.8, 4) is 5.75 Å². The van der Waals surface area contributed by atoms with Gasteiger partial charge in [0.05, 0.1) is 5.92 Å². The van der Waals surface area contributed by atoms with Crippen LogP contribution < -0.4 is 10.7 Å². The van der Waals surface area contributed by atoms with Gasteiger partial charge in [0, 0.05) is 0 Å². The van der Waals surface area contributed by atoms with Crippen molar-refractivity contribution in [3.05, 3.63) is 70.3 Å². The zero-order chi connectivity index (χ0) is 17.9. The van der Waals surface area contributed by atoms with E-state index in [1.807, 2.05) is 20.8 Å². The van der Waals surface area contributed by atoms with Gasteiger partial charge in [-0.3, -0.25) is 0 Å². The molecule has 128 valence electrons. The molecule has 2 nitrogen and oxygen atoms in total. The molecule has 2 N–H and O–H groups in total. The average molecular weight is 335 g/mol. The molecule has 0 aliphatic heterocycles. The Kier molecular flexibility index (Phi) is 5.34. The summed E-state index contributed by atoms with van der Waals surface area (Å²) in [6.45, 7) is 5.57. The van der Waals surface area contributed by atoms with Gasteiger partial charge in [-0.2, -0.15) is 19.1 Å². The molecule has 2 aromatic carbocycles. The van der Waals surface area contributed by atoms with Crippen molar-refractivity contribution < 1.29 is 18.0 Å². The maximum atomic E-state index is 13.5. The molecule has 1 unspecified atom stereocenters. The fraction of sp³-hybridized carbons (Fsp3) is 0.263. The highest BCUT2D eigenvalue weighted by molar-refractivity contribution is 5.53. The molecule has 0 bridgehead atoms.